The molecule has 0 fully saturated rings. The second-order valence-corrected chi connectivity index (χ2v) is 8.65. The number of aromatic nitrogens is 2. The Morgan fingerprint density at radius 1 is 1.37 bits per heavy atom. The van der Waals surface area contributed by atoms with Crippen LogP contribution in [-0.4, -0.2) is 56.8 Å². The van der Waals surface area contributed by atoms with E-state index in [4.69, 9.17) is 11.6 Å². The zero-order chi connectivity index (χ0) is 21.8. The van der Waals surface area contributed by atoms with Crippen LogP contribution in [0.2, 0.25) is 5.02 Å². The number of rotatable bonds is 1. The highest BCUT2D eigenvalue weighted by atomic mass is 35.5. The van der Waals surface area contributed by atoms with Crippen LogP contribution < -0.4 is 5.32 Å². The summed E-state index contributed by atoms with van der Waals surface area (Å²) in [7, 11) is 1.56. The second-order valence-electron chi connectivity index (χ2n) is 8.25. The molecule has 3 amide bonds. The molecule has 0 bridgehead atoms. The van der Waals surface area contributed by atoms with Crippen LogP contribution in [0.25, 0.3) is 0 Å². The molecule has 2 aliphatic heterocycles. The first kappa shape index (κ1) is 20.6. The molecule has 160 valence electrons. The molecule has 7 nitrogen and oxygen atoms in total. The quantitative estimate of drug-likeness (QED) is 0.742. The van der Waals surface area contributed by atoms with Gasteiger partial charge in [-0.25, -0.2) is 13.6 Å². The molecule has 10 heteroatoms. The fourth-order valence-corrected chi connectivity index (χ4v) is 4.28. The maximum absolute atomic E-state index is 14.8. The summed E-state index contributed by atoms with van der Waals surface area (Å²) in [6.45, 7) is 3.42. The molecule has 0 radical (unpaired) electrons. The molecule has 4 rings (SSSR count). The summed E-state index contributed by atoms with van der Waals surface area (Å²) in [5.41, 5.74) is 0.417. The minimum atomic E-state index is -1.60. The summed E-state index contributed by atoms with van der Waals surface area (Å²) >= 11 is 5.79. The Bertz CT molecular complexity index is 1040. The van der Waals surface area contributed by atoms with E-state index in [1.807, 2.05) is 6.92 Å². The average molecular weight is 438 g/mol. The molecule has 2 atom stereocenters. The Labute approximate surface area is 177 Å². The molecule has 0 spiro atoms. The van der Waals surface area contributed by atoms with Crippen LogP contribution in [0.4, 0.5) is 19.3 Å². The molecule has 3 heterocycles. The number of urea groups is 1. The largest absolute Gasteiger partial charge is 0.337 e. The van der Waals surface area contributed by atoms with E-state index in [0.29, 0.717) is 29.1 Å². The van der Waals surface area contributed by atoms with Crippen molar-refractivity contribution in [3.8, 4) is 0 Å². The summed E-state index contributed by atoms with van der Waals surface area (Å²) in [6.07, 6.45) is 0.437. The molecule has 1 aromatic heterocycles. The van der Waals surface area contributed by atoms with E-state index >= 15 is 0 Å². The number of halogens is 3. The number of anilines is 1. The average Bonchev–Trinajstić information content (AvgIpc) is 2.94. The Morgan fingerprint density at radius 3 is 2.80 bits per heavy atom. The second kappa shape index (κ2) is 7.23. The van der Waals surface area contributed by atoms with Crippen LogP contribution in [0.15, 0.2) is 18.2 Å². The highest BCUT2D eigenvalue weighted by Gasteiger charge is 2.40. The lowest BCUT2D eigenvalue weighted by molar-refractivity contribution is 0.0680. The zero-order valence-electron chi connectivity index (χ0n) is 16.9. The van der Waals surface area contributed by atoms with Crippen molar-refractivity contribution >= 4 is 29.2 Å². The van der Waals surface area contributed by atoms with Gasteiger partial charge in [0.2, 0.25) is 0 Å². The first-order valence-electron chi connectivity index (χ1n) is 9.61. The number of alkyl halides is 1. The molecule has 0 aliphatic carbocycles. The third-order valence-corrected chi connectivity index (χ3v) is 5.80. The highest BCUT2D eigenvalue weighted by molar-refractivity contribution is 6.31. The molecule has 2 aromatic rings. The number of hydrogen-bond donors (Lipinski definition) is 1. The number of nitrogens with one attached hydrogen (secondary N) is 1. The molecule has 0 saturated carbocycles. The fourth-order valence-electron chi connectivity index (χ4n) is 4.10. The van der Waals surface area contributed by atoms with Gasteiger partial charge in [0, 0.05) is 30.8 Å². The van der Waals surface area contributed by atoms with Crippen LogP contribution in [-0.2, 0) is 19.5 Å². The first-order valence-corrected chi connectivity index (χ1v) is 9.99. The Kier molecular flexibility index (Phi) is 4.96. The predicted octanol–water partition coefficient (Wildman–Crippen LogP) is 3.47. The number of hydrogen-bond acceptors (Lipinski definition) is 3. The topological polar surface area (TPSA) is 70.5 Å². The van der Waals surface area contributed by atoms with E-state index in [1.54, 1.807) is 11.9 Å². The summed E-state index contributed by atoms with van der Waals surface area (Å²) < 4.78 is 29.6. The number of nitrogens with zero attached hydrogens (tertiary/aromatic N) is 4. The van der Waals surface area contributed by atoms with Gasteiger partial charge in [0.05, 0.1) is 30.4 Å². The molecule has 1 N–H and O–H groups in total. The lowest BCUT2D eigenvalue weighted by Crippen LogP contribution is -2.45. The highest BCUT2D eigenvalue weighted by Crippen LogP contribution is 2.31. The molecule has 2 unspecified atom stereocenters. The van der Waals surface area contributed by atoms with Crippen molar-refractivity contribution in [2.75, 3.05) is 18.9 Å². The molecule has 1 aromatic carbocycles. The Hall–Kier alpha value is -2.68. The van der Waals surface area contributed by atoms with E-state index in [0.717, 1.165) is 0 Å². The molecular formula is C20H22ClF2N5O2. The van der Waals surface area contributed by atoms with Gasteiger partial charge in [-0.1, -0.05) is 11.6 Å². The predicted molar refractivity (Wildman–Crippen MR) is 108 cm³/mol. The summed E-state index contributed by atoms with van der Waals surface area (Å²) in [5, 5.41) is 7.11. The van der Waals surface area contributed by atoms with E-state index < -0.39 is 17.5 Å². The van der Waals surface area contributed by atoms with Crippen molar-refractivity contribution in [1.82, 2.24) is 19.6 Å². The van der Waals surface area contributed by atoms with Gasteiger partial charge in [0.25, 0.3) is 5.91 Å². The van der Waals surface area contributed by atoms with Gasteiger partial charge in [-0.15, -0.1) is 0 Å². The minimum absolute atomic E-state index is 0.0277. The smallest absolute Gasteiger partial charge is 0.322 e. The standard InChI is InChI=1S/C20H22ClF2N5O2/c1-11-6-16-13(17-18(29)26(3)9-20(2,23)10-28(17)25-16)8-27(11)19(30)24-12-4-5-15(22)14(21)7-12/h4-5,7,11H,6,8-10H2,1-3H3,(H,24,30). The van der Waals surface area contributed by atoms with E-state index in [-0.39, 0.29) is 36.6 Å². The lowest BCUT2D eigenvalue weighted by Gasteiger charge is -2.33. The van der Waals surface area contributed by atoms with Gasteiger partial charge >= 0.3 is 6.03 Å². The maximum Gasteiger partial charge on any atom is 0.322 e. The monoisotopic (exact) mass is 437 g/mol. The SMILES string of the molecule is CC1Cc2nn3c(c2CN1C(=O)Nc1ccc(F)c(Cl)c1)C(=O)N(C)CC(C)(F)C3. The molecule has 30 heavy (non-hydrogen) atoms. The van der Waals surface area contributed by atoms with Gasteiger partial charge < -0.3 is 15.1 Å². The van der Waals surface area contributed by atoms with Crippen molar-refractivity contribution in [3.63, 3.8) is 0 Å². The van der Waals surface area contributed by atoms with Crippen molar-refractivity contribution in [2.45, 2.75) is 45.1 Å². The van der Waals surface area contributed by atoms with Gasteiger partial charge in [0.1, 0.15) is 17.2 Å². The van der Waals surface area contributed by atoms with Crippen LogP contribution in [0.5, 0.6) is 0 Å². The third kappa shape index (κ3) is 3.62. The minimum Gasteiger partial charge on any atom is -0.337 e. The number of fused-ring (bicyclic) bond motifs is 3. The summed E-state index contributed by atoms with van der Waals surface area (Å²) in [4.78, 5) is 28.7. The van der Waals surface area contributed by atoms with Gasteiger partial charge in [-0.05, 0) is 32.0 Å². The number of benzene rings is 1. The fraction of sp³-hybridized carbons (Fsp3) is 0.450. The van der Waals surface area contributed by atoms with Crippen molar-refractivity contribution in [3.05, 3.63) is 46.0 Å². The summed E-state index contributed by atoms with van der Waals surface area (Å²) in [5.74, 6) is -0.888. The molecule has 0 saturated heterocycles. The number of carbonyl (C=O) groups is 2. The van der Waals surface area contributed by atoms with E-state index in [9.17, 15) is 18.4 Å². The van der Waals surface area contributed by atoms with Gasteiger partial charge in [-0.3, -0.25) is 9.48 Å². The normalized spacial score (nSPS) is 23.7. The van der Waals surface area contributed by atoms with Crippen LogP contribution >= 0.6 is 11.6 Å². The van der Waals surface area contributed by atoms with Crippen molar-refractivity contribution in [1.29, 1.82) is 0 Å². The lowest BCUT2D eigenvalue weighted by atomic mass is 9.99. The zero-order valence-corrected chi connectivity index (χ0v) is 17.6. The van der Waals surface area contributed by atoms with Crippen LogP contribution in [0.3, 0.4) is 0 Å². The Morgan fingerprint density at radius 2 is 2.10 bits per heavy atom. The third-order valence-electron chi connectivity index (χ3n) is 5.51. The van der Waals surface area contributed by atoms with E-state index in [2.05, 4.69) is 10.4 Å². The van der Waals surface area contributed by atoms with Gasteiger partial charge in [0.15, 0.2) is 0 Å². The Balaban J connectivity index is 1.63. The van der Waals surface area contributed by atoms with Crippen molar-refractivity contribution in [2.24, 2.45) is 0 Å². The molecule has 2 aliphatic rings. The molecular weight excluding hydrogens is 416 g/mol. The van der Waals surface area contributed by atoms with Gasteiger partial charge in [-0.2, -0.15) is 5.10 Å². The van der Waals surface area contributed by atoms with E-state index in [1.165, 1.54) is 34.7 Å². The van der Waals surface area contributed by atoms with Crippen molar-refractivity contribution < 1.29 is 18.4 Å². The maximum atomic E-state index is 14.8. The van der Waals surface area contributed by atoms with Crippen LogP contribution in [0.1, 0.15) is 35.6 Å². The number of carbonyl (C=O) groups excluding carboxylic acids is 2. The number of amides is 3. The summed E-state index contributed by atoms with van der Waals surface area (Å²) in [6, 6.07) is 3.33. The first-order chi connectivity index (χ1) is 14.1. The van der Waals surface area contributed by atoms with Crippen LogP contribution in [0, 0.1) is 5.82 Å².